The van der Waals surface area contributed by atoms with Crippen molar-refractivity contribution in [1.82, 2.24) is 20.1 Å². The maximum Gasteiger partial charge on any atom is 0.328 e. The number of esters is 1. The zero-order chi connectivity index (χ0) is 22.4. The molecule has 2 fully saturated rings. The third kappa shape index (κ3) is 5.39. The number of methoxy groups -OCH3 is 1. The Morgan fingerprint density at radius 3 is 2.55 bits per heavy atom. The molecule has 0 bridgehead atoms. The molecule has 1 N–H and O–H groups in total. The average molecular weight is 431 g/mol. The van der Waals surface area contributed by atoms with Gasteiger partial charge in [0, 0.05) is 31.4 Å². The lowest BCUT2D eigenvalue weighted by atomic mass is 9.87. The smallest absolute Gasteiger partial charge is 0.328 e. The molecule has 9 nitrogen and oxygen atoms in total. The summed E-state index contributed by atoms with van der Waals surface area (Å²) in [6.45, 7) is 2.19. The van der Waals surface area contributed by atoms with Crippen LogP contribution in [0.3, 0.4) is 0 Å². The van der Waals surface area contributed by atoms with E-state index in [9.17, 15) is 19.2 Å². The number of nitrogens with one attached hydrogen (secondary N) is 1. The minimum atomic E-state index is -0.865. The van der Waals surface area contributed by atoms with E-state index in [0.29, 0.717) is 12.1 Å². The second-order valence-electron chi connectivity index (χ2n) is 8.13. The zero-order valence-corrected chi connectivity index (χ0v) is 18.1. The van der Waals surface area contributed by atoms with Crippen LogP contribution in [0.5, 0.6) is 0 Å². The van der Waals surface area contributed by atoms with Crippen molar-refractivity contribution in [2.45, 2.75) is 51.1 Å². The van der Waals surface area contributed by atoms with Crippen molar-refractivity contribution in [3.05, 3.63) is 30.1 Å². The summed E-state index contributed by atoms with van der Waals surface area (Å²) in [5.74, 6) is -1.42. The number of nitrogens with zero attached hydrogens (tertiary/aromatic N) is 3. The van der Waals surface area contributed by atoms with Gasteiger partial charge in [0.15, 0.2) is 0 Å². The molecule has 3 amide bonds. The molecular weight excluding hydrogens is 400 g/mol. The number of pyridine rings is 1. The highest BCUT2D eigenvalue weighted by Crippen LogP contribution is 2.27. The Kier molecular flexibility index (Phi) is 7.59. The Hall–Kier alpha value is -2.97. The molecule has 1 aliphatic heterocycles. The lowest BCUT2D eigenvalue weighted by Crippen LogP contribution is -2.63. The summed E-state index contributed by atoms with van der Waals surface area (Å²) in [5.41, 5.74) is 0.427. The number of hydrogen-bond acceptors (Lipinski definition) is 6. The third-order valence-electron chi connectivity index (χ3n) is 6.03. The first-order valence-corrected chi connectivity index (χ1v) is 10.8. The van der Waals surface area contributed by atoms with Crippen LogP contribution in [0, 0.1) is 5.92 Å². The predicted octanol–water partition coefficient (Wildman–Crippen LogP) is 0.993. The number of hydrogen-bond donors (Lipinski definition) is 1. The highest BCUT2D eigenvalue weighted by Gasteiger charge is 2.40. The van der Waals surface area contributed by atoms with Crippen molar-refractivity contribution in [2.75, 3.05) is 26.7 Å². The van der Waals surface area contributed by atoms with Crippen LogP contribution in [0.4, 0.5) is 0 Å². The van der Waals surface area contributed by atoms with Crippen LogP contribution in [0.25, 0.3) is 0 Å². The maximum atomic E-state index is 13.2. The van der Waals surface area contributed by atoms with Crippen LogP contribution in [0.15, 0.2) is 24.5 Å². The van der Waals surface area contributed by atoms with Crippen molar-refractivity contribution in [2.24, 2.45) is 5.92 Å². The van der Waals surface area contributed by atoms with Crippen LogP contribution in [0.1, 0.15) is 49.4 Å². The summed E-state index contributed by atoms with van der Waals surface area (Å²) in [6, 6.07) is 1.63. The van der Waals surface area contributed by atoms with Gasteiger partial charge in [-0.25, -0.2) is 4.79 Å². The van der Waals surface area contributed by atoms with Crippen molar-refractivity contribution >= 4 is 23.7 Å². The highest BCUT2D eigenvalue weighted by atomic mass is 16.5. The molecule has 2 atom stereocenters. The Labute approximate surface area is 182 Å². The molecule has 1 aromatic heterocycles. The Morgan fingerprint density at radius 1 is 1.16 bits per heavy atom. The van der Waals surface area contributed by atoms with Gasteiger partial charge in [-0.3, -0.25) is 19.4 Å². The van der Waals surface area contributed by atoms with Gasteiger partial charge in [0.2, 0.25) is 11.8 Å². The van der Waals surface area contributed by atoms with E-state index in [1.165, 1.54) is 20.2 Å². The minimum Gasteiger partial charge on any atom is -0.467 e. The fraction of sp³-hybridized carbons (Fsp3) is 0.591. The second-order valence-corrected chi connectivity index (χ2v) is 8.13. The monoisotopic (exact) mass is 430 g/mol. The largest absolute Gasteiger partial charge is 0.467 e. The second kappa shape index (κ2) is 10.4. The van der Waals surface area contributed by atoms with Crippen LogP contribution in [-0.2, 0) is 19.1 Å². The van der Waals surface area contributed by atoms with Crippen molar-refractivity contribution in [1.29, 1.82) is 0 Å². The third-order valence-corrected chi connectivity index (χ3v) is 6.03. The number of carbonyl (C=O) groups is 4. The van der Waals surface area contributed by atoms with E-state index >= 15 is 0 Å². The Bertz CT molecular complexity index is 809. The topological polar surface area (TPSA) is 109 Å². The van der Waals surface area contributed by atoms with Crippen molar-refractivity contribution < 1.29 is 23.9 Å². The van der Waals surface area contributed by atoms with Crippen molar-refractivity contribution in [3.63, 3.8) is 0 Å². The number of piperazine rings is 1. The lowest BCUT2D eigenvalue weighted by Gasteiger charge is -2.42. The SMILES string of the molecule is COC(=O)[C@@H](C)NC(=O)[C@H]1CN(C(=O)c2cccnc2)CCN1C(=O)C1CCCCC1. The van der Waals surface area contributed by atoms with Gasteiger partial charge in [0.25, 0.3) is 5.91 Å². The molecule has 9 heteroatoms. The van der Waals surface area contributed by atoms with Gasteiger partial charge >= 0.3 is 5.97 Å². The number of aromatic nitrogens is 1. The predicted molar refractivity (Wildman–Crippen MR) is 112 cm³/mol. The van der Waals surface area contributed by atoms with Gasteiger partial charge in [-0.2, -0.15) is 0 Å². The molecule has 168 valence electrons. The van der Waals surface area contributed by atoms with Gasteiger partial charge in [-0.15, -0.1) is 0 Å². The molecule has 0 radical (unpaired) electrons. The van der Waals surface area contributed by atoms with Gasteiger partial charge in [0.1, 0.15) is 12.1 Å². The van der Waals surface area contributed by atoms with E-state index in [4.69, 9.17) is 0 Å². The van der Waals surface area contributed by atoms with E-state index < -0.39 is 24.0 Å². The fourth-order valence-electron chi connectivity index (χ4n) is 4.26. The van der Waals surface area contributed by atoms with Crippen LogP contribution >= 0.6 is 0 Å². The normalized spacial score (nSPS) is 20.6. The first-order chi connectivity index (χ1) is 14.9. The Balaban J connectivity index is 1.78. The van der Waals surface area contributed by atoms with Crippen LogP contribution in [0.2, 0.25) is 0 Å². The number of ether oxygens (including phenoxy) is 1. The number of carbonyl (C=O) groups excluding carboxylic acids is 4. The molecule has 1 aromatic rings. The van der Waals surface area contributed by atoms with E-state index in [2.05, 4.69) is 15.0 Å². The summed E-state index contributed by atoms with van der Waals surface area (Å²) in [7, 11) is 1.25. The highest BCUT2D eigenvalue weighted by molar-refractivity contribution is 5.96. The number of amides is 3. The minimum absolute atomic E-state index is 0.0425. The average Bonchev–Trinajstić information content (AvgIpc) is 2.83. The summed E-state index contributed by atoms with van der Waals surface area (Å²) >= 11 is 0. The van der Waals surface area contributed by atoms with E-state index in [-0.39, 0.29) is 30.8 Å². The van der Waals surface area contributed by atoms with Crippen LogP contribution < -0.4 is 5.32 Å². The zero-order valence-electron chi connectivity index (χ0n) is 18.1. The molecule has 1 saturated carbocycles. The molecule has 2 aliphatic rings. The molecule has 0 spiro atoms. The molecule has 1 aliphatic carbocycles. The summed E-state index contributed by atoms with van der Waals surface area (Å²) < 4.78 is 4.68. The Morgan fingerprint density at radius 2 is 1.90 bits per heavy atom. The number of rotatable bonds is 5. The molecule has 0 unspecified atom stereocenters. The molecule has 2 heterocycles. The standard InChI is InChI=1S/C22H30N4O5/c1-15(22(30)31-2)24-19(27)18-14-25(20(28)17-9-6-10-23-13-17)11-12-26(18)21(29)16-7-4-3-5-8-16/h6,9-10,13,15-16,18H,3-5,7-8,11-12,14H2,1-2H3,(H,24,27)/t15-,18-/m1/s1. The van der Waals surface area contributed by atoms with Gasteiger partial charge in [0.05, 0.1) is 19.2 Å². The van der Waals surface area contributed by atoms with E-state index in [1.807, 2.05) is 0 Å². The molecule has 1 saturated heterocycles. The molecule has 3 rings (SSSR count). The molecule has 0 aromatic carbocycles. The molecule has 31 heavy (non-hydrogen) atoms. The fourth-order valence-corrected chi connectivity index (χ4v) is 4.26. The van der Waals surface area contributed by atoms with Crippen molar-refractivity contribution in [3.8, 4) is 0 Å². The first-order valence-electron chi connectivity index (χ1n) is 10.8. The summed E-state index contributed by atoms with van der Waals surface area (Å²) in [6.07, 6.45) is 7.84. The van der Waals surface area contributed by atoms with E-state index in [0.717, 1.165) is 32.1 Å². The van der Waals surface area contributed by atoms with Gasteiger partial charge in [-0.05, 0) is 31.9 Å². The summed E-state index contributed by atoms with van der Waals surface area (Å²) in [5, 5.41) is 2.63. The van der Waals surface area contributed by atoms with Gasteiger partial charge in [-0.1, -0.05) is 19.3 Å². The van der Waals surface area contributed by atoms with E-state index in [1.54, 1.807) is 28.1 Å². The van der Waals surface area contributed by atoms with Gasteiger partial charge < -0.3 is 19.9 Å². The quantitative estimate of drug-likeness (QED) is 0.698. The van der Waals surface area contributed by atoms with Crippen LogP contribution in [-0.4, -0.2) is 77.3 Å². The first kappa shape index (κ1) is 22.7. The maximum absolute atomic E-state index is 13.2. The molecular formula is C22H30N4O5. The summed E-state index contributed by atoms with van der Waals surface area (Å²) in [4.78, 5) is 58.1. The lowest BCUT2D eigenvalue weighted by molar-refractivity contribution is -0.149.